The lowest BCUT2D eigenvalue weighted by atomic mass is 9.95. The van der Waals surface area contributed by atoms with E-state index in [1.165, 1.54) is 4.88 Å². The molecule has 0 aromatic carbocycles. The third-order valence-electron chi connectivity index (χ3n) is 5.21. The molecule has 4 rings (SSSR count). The number of rotatable bonds is 4. The van der Waals surface area contributed by atoms with E-state index >= 15 is 0 Å². The average molecular weight is 384 g/mol. The van der Waals surface area contributed by atoms with Crippen LogP contribution in [0.5, 0.6) is 0 Å². The van der Waals surface area contributed by atoms with Gasteiger partial charge in [-0.15, -0.1) is 11.3 Å². The second kappa shape index (κ2) is 7.31. The van der Waals surface area contributed by atoms with Gasteiger partial charge in [-0.1, -0.05) is 0 Å². The highest BCUT2D eigenvalue weighted by Crippen LogP contribution is 2.30. The first-order valence-corrected chi connectivity index (χ1v) is 10.3. The summed E-state index contributed by atoms with van der Waals surface area (Å²) in [6.45, 7) is 7.91. The standard InChI is InChI=1S/C20H25N5OS/c1-13(2)25-11-8-21-19(25)15-6-9-24(10-7-15)20(26)17-12-16(22-23-17)18-5-4-14(3)27-18/h4-5,8,11-13,15H,6-7,9-10H2,1-3H3,(H,22,23). The van der Waals surface area contributed by atoms with Crippen molar-refractivity contribution in [1.82, 2.24) is 24.6 Å². The number of aromatic amines is 1. The molecule has 0 unspecified atom stereocenters. The van der Waals surface area contributed by atoms with E-state index in [1.807, 2.05) is 17.2 Å². The van der Waals surface area contributed by atoms with Crippen LogP contribution in [0.1, 0.15) is 59.8 Å². The van der Waals surface area contributed by atoms with Gasteiger partial charge in [-0.25, -0.2) is 4.98 Å². The zero-order valence-corrected chi connectivity index (χ0v) is 16.8. The van der Waals surface area contributed by atoms with Crippen LogP contribution >= 0.6 is 11.3 Å². The van der Waals surface area contributed by atoms with Crippen molar-refractivity contribution < 1.29 is 4.79 Å². The second-order valence-electron chi connectivity index (χ2n) is 7.43. The maximum Gasteiger partial charge on any atom is 0.274 e. The van der Waals surface area contributed by atoms with Crippen molar-refractivity contribution in [3.8, 4) is 10.6 Å². The largest absolute Gasteiger partial charge is 0.337 e. The number of H-pyrrole nitrogens is 1. The van der Waals surface area contributed by atoms with Gasteiger partial charge in [-0.05, 0) is 51.8 Å². The fourth-order valence-electron chi connectivity index (χ4n) is 3.72. The molecule has 6 nitrogen and oxygen atoms in total. The van der Waals surface area contributed by atoms with Gasteiger partial charge in [0, 0.05) is 42.3 Å². The molecule has 4 heterocycles. The highest BCUT2D eigenvalue weighted by Gasteiger charge is 2.28. The van der Waals surface area contributed by atoms with E-state index in [2.05, 4.69) is 58.8 Å². The van der Waals surface area contributed by atoms with Gasteiger partial charge in [-0.3, -0.25) is 9.89 Å². The summed E-state index contributed by atoms with van der Waals surface area (Å²) in [4.78, 5) is 21.7. The van der Waals surface area contributed by atoms with Crippen molar-refractivity contribution in [2.75, 3.05) is 13.1 Å². The van der Waals surface area contributed by atoms with Gasteiger partial charge in [0.05, 0.1) is 10.6 Å². The summed E-state index contributed by atoms with van der Waals surface area (Å²) < 4.78 is 2.24. The fourth-order valence-corrected chi connectivity index (χ4v) is 4.55. The lowest BCUT2D eigenvalue weighted by Crippen LogP contribution is -2.38. The molecule has 1 aliphatic heterocycles. The highest BCUT2D eigenvalue weighted by molar-refractivity contribution is 7.15. The topological polar surface area (TPSA) is 66.8 Å². The number of aromatic nitrogens is 4. The van der Waals surface area contributed by atoms with Crippen LogP contribution < -0.4 is 0 Å². The van der Waals surface area contributed by atoms with Crippen LogP contribution in [0, 0.1) is 6.92 Å². The Morgan fingerprint density at radius 3 is 2.74 bits per heavy atom. The number of likely N-dealkylation sites (tertiary alicyclic amines) is 1. The Hall–Kier alpha value is -2.41. The molecule has 1 aliphatic rings. The average Bonchev–Trinajstić information content (AvgIpc) is 3.41. The molecule has 1 fully saturated rings. The first-order chi connectivity index (χ1) is 13.0. The van der Waals surface area contributed by atoms with Crippen molar-refractivity contribution >= 4 is 17.2 Å². The zero-order chi connectivity index (χ0) is 19.0. The minimum Gasteiger partial charge on any atom is -0.337 e. The third-order valence-corrected chi connectivity index (χ3v) is 6.24. The van der Waals surface area contributed by atoms with Crippen LogP contribution in [0.25, 0.3) is 10.6 Å². The van der Waals surface area contributed by atoms with E-state index in [-0.39, 0.29) is 5.91 Å². The van der Waals surface area contributed by atoms with Crippen LogP contribution in [0.3, 0.4) is 0 Å². The summed E-state index contributed by atoms with van der Waals surface area (Å²) in [7, 11) is 0. The lowest BCUT2D eigenvalue weighted by molar-refractivity contribution is 0.0704. The monoisotopic (exact) mass is 383 g/mol. The van der Waals surface area contributed by atoms with E-state index in [0.29, 0.717) is 17.7 Å². The molecule has 0 spiro atoms. The van der Waals surface area contributed by atoms with Crippen LogP contribution in [0.15, 0.2) is 30.6 Å². The van der Waals surface area contributed by atoms with Crippen molar-refractivity contribution in [3.63, 3.8) is 0 Å². The van der Waals surface area contributed by atoms with E-state index in [9.17, 15) is 4.79 Å². The minimum atomic E-state index is 0.0106. The number of carbonyl (C=O) groups excluding carboxylic acids is 1. The van der Waals surface area contributed by atoms with E-state index in [0.717, 1.165) is 42.3 Å². The predicted molar refractivity (Wildman–Crippen MR) is 107 cm³/mol. The summed E-state index contributed by atoms with van der Waals surface area (Å²) in [6, 6.07) is 6.41. The van der Waals surface area contributed by atoms with Crippen molar-refractivity contribution in [2.45, 2.75) is 45.6 Å². The molecule has 7 heteroatoms. The molecule has 0 atom stereocenters. The summed E-state index contributed by atoms with van der Waals surface area (Å²) in [5.74, 6) is 1.57. The van der Waals surface area contributed by atoms with Crippen LogP contribution in [0.4, 0.5) is 0 Å². The highest BCUT2D eigenvalue weighted by atomic mass is 32.1. The molecular weight excluding hydrogens is 358 g/mol. The van der Waals surface area contributed by atoms with Crippen LogP contribution in [-0.2, 0) is 0 Å². The summed E-state index contributed by atoms with van der Waals surface area (Å²) in [5, 5.41) is 7.26. The Morgan fingerprint density at radius 1 is 1.30 bits per heavy atom. The number of amides is 1. The maximum absolute atomic E-state index is 12.8. The third kappa shape index (κ3) is 3.56. The summed E-state index contributed by atoms with van der Waals surface area (Å²) >= 11 is 1.70. The Bertz CT molecular complexity index is 930. The minimum absolute atomic E-state index is 0.0106. The van der Waals surface area contributed by atoms with Gasteiger partial charge < -0.3 is 9.47 Å². The lowest BCUT2D eigenvalue weighted by Gasteiger charge is -2.32. The van der Waals surface area contributed by atoms with E-state index in [1.54, 1.807) is 11.3 Å². The van der Waals surface area contributed by atoms with E-state index in [4.69, 9.17) is 0 Å². The number of hydrogen-bond donors (Lipinski definition) is 1. The maximum atomic E-state index is 12.8. The molecule has 0 aliphatic carbocycles. The van der Waals surface area contributed by atoms with Gasteiger partial charge >= 0.3 is 0 Å². The molecule has 0 saturated carbocycles. The van der Waals surface area contributed by atoms with Crippen molar-refractivity contribution in [3.05, 3.63) is 47.0 Å². The number of nitrogens with one attached hydrogen (secondary N) is 1. The number of carbonyl (C=O) groups is 1. The molecule has 1 amide bonds. The van der Waals surface area contributed by atoms with Gasteiger partial charge in [0.1, 0.15) is 5.82 Å². The fraction of sp³-hybridized carbons (Fsp3) is 0.450. The van der Waals surface area contributed by atoms with Gasteiger partial charge in [-0.2, -0.15) is 5.10 Å². The number of nitrogens with zero attached hydrogens (tertiary/aromatic N) is 4. The first-order valence-electron chi connectivity index (χ1n) is 9.47. The summed E-state index contributed by atoms with van der Waals surface area (Å²) in [6.07, 6.45) is 5.81. The number of aryl methyl sites for hydroxylation is 1. The van der Waals surface area contributed by atoms with Gasteiger partial charge in [0.25, 0.3) is 5.91 Å². The normalized spacial score (nSPS) is 15.6. The Balaban J connectivity index is 1.42. The van der Waals surface area contributed by atoms with Crippen molar-refractivity contribution in [2.24, 2.45) is 0 Å². The van der Waals surface area contributed by atoms with Crippen LogP contribution in [-0.4, -0.2) is 43.6 Å². The van der Waals surface area contributed by atoms with Gasteiger partial charge in [0.15, 0.2) is 5.69 Å². The van der Waals surface area contributed by atoms with Crippen LogP contribution in [0.2, 0.25) is 0 Å². The summed E-state index contributed by atoms with van der Waals surface area (Å²) in [5.41, 5.74) is 1.41. The Kier molecular flexibility index (Phi) is 4.86. The van der Waals surface area contributed by atoms with E-state index < -0.39 is 0 Å². The van der Waals surface area contributed by atoms with Gasteiger partial charge in [0.2, 0.25) is 0 Å². The Morgan fingerprint density at radius 2 is 2.07 bits per heavy atom. The number of hydrogen-bond acceptors (Lipinski definition) is 4. The number of thiophene rings is 1. The molecule has 0 radical (unpaired) electrons. The molecule has 3 aromatic heterocycles. The number of piperidine rings is 1. The molecule has 1 N–H and O–H groups in total. The number of imidazole rings is 1. The first kappa shape index (κ1) is 18.0. The smallest absolute Gasteiger partial charge is 0.274 e. The SMILES string of the molecule is Cc1ccc(-c2cc(C(=O)N3CCC(c4nccn4C(C)C)CC3)n[nH]2)s1. The molecule has 1 saturated heterocycles. The molecule has 0 bridgehead atoms. The molecule has 142 valence electrons. The van der Waals surface area contributed by atoms with Crippen molar-refractivity contribution in [1.29, 1.82) is 0 Å². The zero-order valence-electron chi connectivity index (χ0n) is 16.0. The second-order valence-corrected chi connectivity index (χ2v) is 8.72. The molecule has 27 heavy (non-hydrogen) atoms. The predicted octanol–water partition coefficient (Wildman–Crippen LogP) is 4.24. The molecule has 3 aromatic rings. The quantitative estimate of drug-likeness (QED) is 0.733. The molecular formula is C20H25N5OS. The Labute approximate surface area is 163 Å².